The van der Waals surface area contributed by atoms with Gasteiger partial charge >= 0.3 is 0 Å². The maximum absolute atomic E-state index is 13.4. The number of sulfonamides is 1. The van der Waals surface area contributed by atoms with Crippen LogP contribution in [-0.4, -0.2) is 34.2 Å². The van der Waals surface area contributed by atoms with Gasteiger partial charge in [-0.3, -0.25) is 9.10 Å². The number of methoxy groups -OCH3 is 1. The molecule has 10 heteroatoms. The average molecular weight is 537 g/mol. The highest BCUT2D eigenvalue weighted by molar-refractivity contribution is 9.10. The number of nitrogens with zero attached hydrogens (tertiary/aromatic N) is 2. The second-order valence-electron chi connectivity index (χ2n) is 6.46. The van der Waals surface area contributed by atoms with Crippen LogP contribution in [-0.2, 0) is 14.8 Å². The van der Waals surface area contributed by atoms with Crippen LogP contribution in [0.15, 0.2) is 87.3 Å². The smallest absolute Gasteiger partial charge is 0.264 e. The van der Waals surface area contributed by atoms with Crippen LogP contribution in [0.2, 0.25) is 5.02 Å². The van der Waals surface area contributed by atoms with Crippen molar-refractivity contribution in [2.45, 2.75) is 4.90 Å². The molecule has 3 aromatic carbocycles. The van der Waals surface area contributed by atoms with E-state index in [1.54, 1.807) is 24.3 Å². The standard InChI is InChI=1S/C22H19BrClN3O4S/c1-31-21-12-11-17(24)13-20(21)27(32(29,30)18-8-3-2-4-9-18)15-22(28)26-25-14-16-7-5-6-10-19(16)23/h2-14H,15H2,1H3,(H,26,28)/b25-14+. The fourth-order valence-corrected chi connectivity index (χ4v) is 4.79. The SMILES string of the molecule is COc1ccc(Cl)cc1N(CC(=O)N/N=C/c1ccccc1Br)S(=O)(=O)c1ccccc1. The van der Waals surface area contributed by atoms with Gasteiger partial charge in [-0.05, 0) is 36.4 Å². The van der Waals surface area contributed by atoms with Gasteiger partial charge in [-0.15, -0.1) is 0 Å². The third-order valence-electron chi connectivity index (χ3n) is 4.33. The van der Waals surface area contributed by atoms with Crippen LogP contribution in [0.5, 0.6) is 5.75 Å². The lowest BCUT2D eigenvalue weighted by Gasteiger charge is -2.25. The predicted molar refractivity (Wildman–Crippen MR) is 129 cm³/mol. The van der Waals surface area contributed by atoms with Gasteiger partial charge in [0.15, 0.2) is 0 Å². The molecule has 1 amide bonds. The molecule has 3 aromatic rings. The topological polar surface area (TPSA) is 88.1 Å². The van der Waals surface area contributed by atoms with E-state index in [0.717, 1.165) is 14.3 Å². The average Bonchev–Trinajstić information content (AvgIpc) is 2.79. The molecule has 0 fully saturated rings. The van der Waals surface area contributed by atoms with E-state index in [4.69, 9.17) is 16.3 Å². The van der Waals surface area contributed by atoms with Gasteiger partial charge in [0.05, 0.1) is 23.9 Å². The van der Waals surface area contributed by atoms with Crippen molar-refractivity contribution < 1.29 is 17.9 Å². The number of carbonyl (C=O) groups is 1. The molecule has 0 bridgehead atoms. The molecule has 0 spiro atoms. The van der Waals surface area contributed by atoms with Gasteiger partial charge in [0, 0.05) is 15.1 Å². The summed E-state index contributed by atoms with van der Waals surface area (Å²) in [7, 11) is -2.70. The molecule has 166 valence electrons. The molecule has 0 saturated carbocycles. The minimum atomic E-state index is -4.11. The van der Waals surface area contributed by atoms with Crippen LogP contribution >= 0.6 is 27.5 Å². The lowest BCUT2D eigenvalue weighted by molar-refractivity contribution is -0.119. The maximum Gasteiger partial charge on any atom is 0.264 e. The number of anilines is 1. The molecule has 32 heavy (non-hydrogen) atoms. The monoisotopic (exact) mass is 535 g/mol. The Balaban J connectivity index is 1.92. The number of benzene rings is 3. The molecule has 0 radical (unpaired) electrons. The van der Waals surface area contributed by atoms with Gasteiger partial charge in [-0.2, -0.15) is 5.10 Å². The fraction of sp³-hybridized carbons (Fsp3) is 0.0909. The van der Waals surface area contributed by atoms with E-state index in [0.29, 0.717) is 5.02 Å². The molecular weight excluding hydrogens is 518 g/mol. The molecule has 0 heterocycles. The first kappa shape index (κ1) is 23.8. The minimum Gasteiger partial charge on any atom is -0.495 e. The zero-order chi connectivity index (χ0) is 23.1. The molecule has 0 aliphatic rings. The lowest BCUT2D eigenvalue weighted by Crippen LogP contribution is -2.39. The Bertz CT molecular complexity index is 1240. The predicted octanol–water partition coefficient (Wildman–Crippen LogP) is 4.46. The normalized spacial score (nSPS) is 11.3. The van der Waals surface area contributed by atoms with E-state index in [9.17, 15) is 13.2 Å². The number of amides is 1. The first-order chi connectivity index (χ1) is 15.3. The summed E-state index contributed by atoms with van der Waals surface area (Å²) in [6.07, 6.45) is 1.46. The Morgan fingerprint density at radius 3 is 2.50 bits per heavy atom. The Morgan fingerprint density at radius 2 is 1.81 bits per heavy atom. The van der Waals surface area contributed by atoms with Crippen molar-refractivity contribution in [1.29, 1.82) is 0 Å². The summed E-state index contributed by atoms with van der Waals surface area (Å²) in [5.41, 5.74) is 3.25. The van der Waals surface area contributed by atoms with Crippen LogP contribution in [0.4, 0.5) is 5.69 Å². The molecule has 3 rings (SSSR count). The summed E-state index contributed by atoms with van der Waals surface area (Å²) in [5, 5.41) is 4.22. The highest BCUT2D eigenvalue weighted by Crippen LogP contribution is 2.34. The number of hydrogen-bond acceptors (Lipinski definition) is 5. The molecule has 0 aliphatic heterocycles. The summed E-state index contributed by atoms with van der Waals surface area (Å²) in [4.78, 5) is 12.7. The van der Waals surface area contributed by atoms with E-state index in [-0.39, 0.29) is 16.3 Å². The Kier molecular flexibility index (Phi) is 7.89. The highest BCUT2D eigenvalue weighted by Gasteiger charge is 2.29. The first-order valence-electron chi connectivity index (χ1n) is 9.30. The van der Waals surface area contributed by atoms with Gasteiger partial charge in [-0.25, -0.2) is 13.8 Å². The highest BCUT2D eigenvalue weighted by atomic mass is 79.9. The summed E-state index contributed by atoms with van der Waals surface area (Å²) < 4.78 is 33.8. The Morgan fingerprint density at radius 1 is 1.12 bits per heavy atom. The third kappa shape index (κ3) is 5.67. The molecule has 0 unspecified atom stereocenters. The zero-order valence-electron chi connectivity index (χ0n) is 16.9. The van der Waals surface area contributed by atoms with Gasteiger partial charge in [0.2, 0.25) is 0 Å². The second-order valence-corrected chi connectivity index (χ2v) is 9.61. The molecule has 0 aliphatic carbocycles. The summed E-state index contributed by atoms with van der Waals surface area (Å²) >= 11 is 9.50. The van der Waals surface area contributed by atoms with Gasteiger partial charge in [0.25, 0.3) is 15.9 Å². The van der Waals surface area contributed by atoms with Crippen LogP contribution in [0.1, 0.15) is 5.56 Å². The number of hydrogen-bond donors (Lipinski definition) is 1. The van der Waals surface area contributed by atoms with Crippen LogP contribution in [0.3, 0.4) is 0 Å². The minimum absolute atomic E-state index is 0.0199. The van der Waals surface area contributed by atoms with Crippen molar-refractivity contribution in [2.75, 3.05) is 18.0 Å². The molecule has 7 nitrogen and oxygen atoms in total. The summed E-state index contributed by atoms with van der Waals surface area (Å²) in [6.45, 7) is -0.540. The van der Waals surface area contributed by atoms with E-state index >= 15 is 0 Å². The van der Waals surface area contributed by atoms with Crippen molar-refractivity contribution in [3.63, 3.8) is 0 Å². The number of halogens is 2. The maximum atomic E-state index is 13.4. The number of carbonyl (C=O) groups excluding carboxylic acids is 1. The summed E-state index contributed by atoms with van der Waals surface area (Å²) in [5.74, 6) is -0.395. The molecular formula is C22H19BrClN3O4S. The van der Waals surface area contributed by atoms with Crippen molar-refractivity contribution in [3.8, 4) is 5.75 Å². The van der Waals surface area contributed by atoms with Crippen molar-refractivity contribution in [3.05, 3.63) is 87.9 Å². The molecule has 0 saturated heterocycles. The second kappa shape index (κ2) is 10.6. The Hall–Kier alpha value is -2.88. The molecule has 0 atom stereocenters. The van der Waals surface area contributed by atoms with Crippen LogP contribution in [0, 0.1) is 0 Å². The fourth-order valence-electron chi connectivity index (χ4n) is 2.80. The third-order valence-corrected chi connectivity index (χ3v) is 7.06. The van der Waals surface area contributed by atoms with Crippen LogP contribution in [0.25, 0.3) is 0 Å². The quantitative estimate of drug-likeness (QED) is 0.340. The van der Waals surface area contributed by atoms with Gasteiger partial charge in [0.1, 0.15) is 12.3 Å². The van der Waals surface area contributed by atoms with Crippen molar-refractivity contribution in [2.24, 2.45) is 5.10 Å². The van der Waals surface area contributed by atoms with Crippen molar-refractivity contribution >= 4 is 55.4 Å². The number of hydrazone groups is 1. The van der Waals surface area contributed by atoms with E-state index in [1.165, 1.54) is 37.6 Å². The first-order valence-corrected chi connectivity index (χ1v) is 11.9. The lowest BCUT2D eigenvalue weighted by atomic mass is 10.2. The summed E-state index contributed by atoms with van der Waals surface area (Å²) in [6, 6.07) is 19.7. The molecule has 1 N–H and O–H groups in total. The Labute approximate surface area is 199 Å². The molecule has 0 aromatic heterocycles. The van der Waals surface area contributed by atoms with E-state index in [2.05, 4.69) is 26.5 Å². The van der Waals surface area contributed by atoms with E-state index < -0.39 is 22.5 Å². The number of ether oxygens (including phenoxy) is 1. The number of rotatable bonds is 8. The van der Waals surface area contributed by atoms with Crippen LogP contribution < -0.4 is 14.5 Å². The zero-order valence-corrected chi connectivity index (χ0v) is 20.1. The van der Waals surface area contributed by atoms with Crippen molar-refractivity contribution in [1.82, 2.24) is 5.43 Å². The number of nitrogens with one attached hydrogen (secondary N) is 1. The van der Waals surface area contributed by atoms with E-state index in [1.807, 2.05) is 24.3 Å². The van der Waals surface area contributed by atoms with Gasteiger partial charge < -0.3 is 4.74 Å². The van der Waals surface area contributed by atoms with Gasteiger partial charge in [-0.1, -0.05) is 63.9 Å². The largest absolute Gasteiger partial charge is 0.495 e.